The van der Waals surface area contributed by atoms with Crippen LogP contribution >= 0.6 is 0 Å². The van der Waals surface area contributed by atoms with Gasteiger partial charge in [0.2, 0.25) is 0 Å². The van der Waals surface area contributed by atoms with Crippen molar-refractivity contribution in [3.63, 3.8) is 0 Å². The van der Waals surface area contributed by atoms with E-state index in [1.165, 1.54) is 32.1 Å². The lowest BCUT2D eigenvalue weighted by Gasteiger charge is -2.33. The number of rotatable bonds is 4. The molecule has 0 spiro atoms. The number of nitrogens with one attached hydrogen (secondary N) is 1. The third kappa shape index (κ3) is 4.35. The SMILES string of the molecule is C[C@H](O)[C@@H]1CCN(C(=O)N[C@@H](C)[C@@H](C)C2CCCCC2)C1. The van der Waals surface area contributed by atoms with Crippen molar-refractivity contribution in [1.29, 1.82) is 0 Å². The molecule has 122 valence electrons. The second-order valence-corrected chi connectivity index (χ2v) is 7.23. The van der Waals surface area contributed by atoms with Gasteiger partial charge in [-0.05, 0) is 32.1 Å². The number of hydrogen-bond acceptors (Lipinski definition) is 2. The summed E-state index contributed by atoms with van der Waals surface area (Å²) in [5.41, 5.74) is 0. The molecule has 2 aliphatic rings. The molecule has 1 aliphatic heterocycles. The maximum absolute atomic E-state index is 12.3. The predicted molar refractivity (Wildman–Crippen MR) is 85.1 cm³/mol. The fourth-order valence-electron chi connectivity index (χ4n) is 3.85. The Morgan fingerprint density at radius 1 is 1.10 bits per heavy atom. The first-order chi connectivity index (χ1) is 9.99. The third-order valence-corrected chi connectivity index (χ3v) is 5.73. The van der Waals surface area contributed by atoms with E-state index in [0.717, 1.165) is 18.9 Å². The number of nitrogens with zero attached hydrogens (tertiary/aromatic N) is 1. The minimum absolute atomic E-state index is 0.0494. The first-order valence-corrected chi connectivity index (χ1v) is 8.72. The number of hydrogen-bond donors (Lipinski definition) is 2. The van der Waals surface area contributed by atoms with Crippen molar-refractivity contribution < 1.29 is 9.90 Å². The van der Waals surface area contributed by atoms with Crippen molar-refractivity contribution in [2.45, 2.75) is 71.4 Å². The van der Waals surface area contributed by atoms with E-state index >= 15 is 0 Å². The molecule has 1 saturated heterocycles. The van der Waals surface area contributed by atoms with Gasteiger partial charge in [-0.1, -0.05) is 39.0 Å². The van der Waals surface area contributed by atoms with Crippen LogP contribution in [0.25, 0.3) is 0 Å². The summed E-state index contributed by atoms with van der Waals surface area (Å²) in [7, 11) is 0. The van der Waals surface area contributed by atoms with E-state index < -0.39 is 0 Å². The van der Waals surface area contributed by atoms with Crippen LogP contribution in [0, 0.1) is 17.8 Å². The quantitative estimate of drug-likeness (QED) is 0.838. The van der Waals surface area contributed by atoms with E-state index in [1.54, 1.807) is 0 Å². The average Bonchev–Trinajstić information content (AvgIpc) is 2.97. The summed E-state index contributed by atoms with van der Waals surface area (Å²) in [5, 5.41) is 12.8. The van der Waals surface area contributed by atoms with E-state index in [4.69, 9.17) is 0 Å². The van der Waals surface area contributed by atoms with Gasteiger partial charge in [0.1, 0.15) is 0 Å². The van der Waals surface area contributed by atoms with Crippen LogP contribution in [0.4, 0.5) is 4.79 Å². The maximum Gasteiger partial charge on any atom is 0.317 e. The van der Waals surface area contributed by atoms with Crippen molar-refractivity contribution in [1.82, 2.24) is 10.2 Å². The van der Waals surface area contributed by atoms with Crippen LogP contribution in [-0.4, -0.2) is 41.3 Å². The molecule has 2 fully saturated rings. The van der Waals surface area contributed by atoms with Crippen LogP contribution < -0.4 is 5.32 Å². The molecule has 0 radical (unpaired) electrons. The van der Waals surface area contributed by atoms with E-state index in [0.29, 0.717) is 12.5 Å². The highest BCUT2D eigenvalue weighted by Gasteiger charge is 2.31. The molecular formula is C17H32N2O2. The minimum Gasteiger partial charge on any atom is -0.393 e. The van der Waals surface area contributed by atoms with Gasteiger partial charge >= 0.3 is 6.03 Å². The molecule has 1 aliphatic carbocycles. The van der Waals surface area contributed by atoms with Gasteiger partial charge in [-0.15, -0.1) is 0 Å². The molecule has 0 aromatic rings. The third-order valence-electron chi connectivity index (χ3n) is 5.73. The van der Waals surface area contributed by atoms with Gasteiger partial charge in [-0.25, -0.2) is 4.79 Å². The Morgan fingerprint density at radius 3 is 2.33 bits per heavy atom. The van der Waals surface area contributed by atoms with E-state index in [1.807, 2.05) is 11.8 Å². The standard InChI is InChI=1S/C17H32N2O2/c1-12(15-7-5-4-6-8-15)13(2)18-17(21)19-10-9-16(11-19)14(3)20/h12-16,20H,4-11H2,1-3H3,(H,18,21)/t12-,13+,14+,16-/m1/s1. The summed E-state index contributed by atoms with van der Waals surface area (Å²) < 4.78 is 0. The highest BCUT2D eigenvalue weighted by atomic mass is 16.3. The van der Waals surface area contributed by atoms with E-state index in [9.17, 15) is 9.90 Å². The van der Waals surface area contributed by atoms with Crippen molar-refractivity contribution in [3.8, 4) is 0 Å². The molecule has 4 nitrogen and oxygen atoms in total. The molecule has 2 N–H and O–H groups in total. The Labute approximate surface area is 129 Å². The zero-order valence-electron chi connectivity index (χ0n) is 13.8. The van der Waals surface area contributed by atoms with Gasteiger partial charge < -0.3 is 15.3 Å². The van der Waals surface area contributed by atoms with Gasteiger partial charge in [0, 0.05) is 25.0 Å². The summed E-state index contributed by atoms with van der Waals surface area (Å²) >= 11 is 0. The van der Waals surface area contributed by atoms with Crippen molar-refractivity contribution in [2.24, 2.45) is 17.8 Å². The Kier molecular flexibility index (Phi) is 5.91. The van der Waals surface area contributed by atoms with Gasteiger partial charge in [0.15, 0.2) is 0 Å². The molecule has 2 rings (SSSR count). The monoisotopic (exact) mass is 296 g/mol. The number of amides is 2. The molecule has 1 heterocycles. The number of urea groups is 1. The number of likely N-dealkylation sites (tertiary alicyclic amines) is 1. The Balaban J connectivity index is 1.79. The van der Waals surface area contributed by atoms with Gasteiger partial charge in [-0.3, -0.25) is 0 Å². The molecule has 0 bridgehead atoms. The van der Waals surface area contributed by atoms with Gasteiger partial charge in [0.05, 0.1) is 6.10 Å². The maximum atomic E-state index is 12.3. The molecule has 21 heavy (non-hydrogen) atoms. The van der Waals surface area contributed by atoms with Gasteiger partial charge in [-0.2, -0.15) is 0 Å². The highest BCUT2D eigenvalue weighted by Crippen LogP contribution is 2.31. The molecule has 1 saturated carbocycles. The molecule has 0 aromatic heterocycles. The first-order valence-electron chi connectivity index (χ1n) is 8.72. The normalized spacial score (nSPS) is 28.2. The number of aliphatic hydroxyl groups excluding tert-OH is 1. The summed E-state index contributed by atoms with van der Waals surface area (Å²) in [5.74, 6) is 1.55. The lowest BCUT2D eigenvalue weighted by atomic mass is 9.78. The zero-order chi connectivity index (χ0) is 15.4. The van der Waals surface area contributed by atoms with Crippen molar-refractivity contribution in [3.05, 3.63) is 0 Å². The molecule has 0 unspecified atom stereocenters. The topological polar surface area (TPSA) is 52.6 Å². The summed E-state index contributed by atoms with van der Waals surface area (Å²) in [6, 6.07) is 0.277. The second-order valence-electron chi connectivity index (χ2n) is 7.23. The van der Waals surface area contributed by atoms with Crippen LogP contribution in [-0.2, 0) is 0 Å². The highest BCUT2D eigenvalue weighted by molar-refractivity contribution is 5.74. The summed E-state index contributed by atoms with van der Waals surface area (Å²) in [6.45, 7) is 7.70. The number of aliphatic hydroxyl groups is 1. The molecule has 0 aromatic carbocycles. The minimum atomic E-state index is -0.318. The lowest BCUT2D eigenvalue weighted by Crippen LogP contribution is -2.46. The molecule has 4 atom stereocenters. The predicted octanol–water partition coefficient (Wildman–Crippen LogP) is 3.00. The van der Waals surface area contributed by atoms with Crippen LogP contribution in [0.1, 0.15) is 59.3 Å². The molecule has 2 amide bonds. The van der Waals surface area contributed by atoms with Crippen molar-refractivity contribution >= 4 is 6.03 Å². The molecule has 4 heteroatoms. The van der Waals surface area contributed by atoms with Crippen LogP contribution in [0.2, 0.25) is 0 Å². The fraction of sp³-hybridized carbons (Fsp3) is 0.941. The van der Waals surface area contributed by atoms with E-state index in [2.05, 4.69) is 19.2 Å². The van der Waals surface area contributed by atoms with E-state index in [-0.39, 0.29) is 24.1 Å². The molecular weight excluding hydrogens is 264 g/mol. The Hall–Kier alpha value is -0.770. The number of carbonyl (C=O) groups excluding carboxylic acids is 1. The average molecular weight is 296 g/mol. The fourth-order valence-corrected chi connectivity index (χ4v) is 3.85. The smallest absolute Gasteiger partial charge is 0.317 e. The first kappa shape index (κ1) is 16.6. The number of carbonyl (C=O) groups is 1. The lowest BCUT2D eigenvalue weighted by molar-refractivity contribution is 0.128. The van der Waals surface area contributed by atoms with Crippen LogP contribution in [0.5, 0.6) is 0 Å². The largest absolute Gasteiger partial charge is 0.393 e. The summed E-state index contributed by atoms with van der Waals surface area (Å²) in [4.78, 5) is 14.2. The second kappa shape index (κ2) is 7.48. The zero-order valence-corrected chi connectivity index (χ0v) is 13.8. The van der Waals surface area contributed by atoms with Gasteiger partial charge in [0.25, 0.3) is 0 Å². The van der Waals surface area contributed by atoms with Crippen molar-refractivity contribution in [2.75, 3.05) is 13.1 Å². The Morgan fingerprint density at radius 2 is 1.76 bits per heavy atom. The van der Waals surface area contributed by atoms with Crippen LogP contribution in [0.3, 0.4) is 0 Å². The Bertz CT molecular complexity index is 340. The van der Waals surface area contributed by atoms with Crippen LogP contribution in [0.15, 0.2) is 0 Å². The summed E-state index contributed by atoms with van der Waals surface area (Å²) in [6.07, 6.45) is 7.29.